The number of aromatic hydroxyl groups is 1. The molecule has 0 bridgehead atoms. The van der Waals surface area contributed by atoms with Gasteiger partial charge < -0.3 is 19.3 Å². The minimum Gasteiger partial charge on any atom is -0.507 e. The Hall–Kier alpha value is -5.00. The molecule has 4 aromatic rings. The summed E-state index contributed by atoms with van der Waals surface area (Å²) in [4.78, 5) is 21.4. The van der Waals surface area contributed by atoms with E-state index in [1.165, 1.54) is 12.1 Å². The fraction of sp³-hybridized carbons (Fsp3) is 0.219. The van der Waals surface area contributed by atoms with Crippen LogP contribution in [0, 0.1) is 5.82 Å². The molecule has 1 fully saturated rings. The van der Waals surface area contributed by atoms with Crippen LogP contribution in [0.5, 0.6) is 11.5 Å². The van der Waals surface area contributed by atoms with E-state index in [1.54, 1.807) is 30.4 Å². The van der Waals surface area contributed by atoms with Crippen LogP contribution in [0.15, 0.2) is 89.6 Å². The summed E-state index contributed by atoms with van der Waals surface area (Å²) in [5.74, 6) is 6.32. The van der Waals surface area contributed by atoms with E-state index in [0.717, 1.165) is 16.7 Å². The number of carbonyl (C=O) groups excluding carboxylic acids is 1. The average Bonchev–Trinajstić information content (AvgIpc) is 3.50. The van der Waals surface area contributed by atoms with Crippen molar-refractivity contribution < 1.29 is 23.6 Å². The Bertz CT molecular complexity index is 1600. The number of piperazine rings is 1. The molecular weight excluding hydrogens is 551 g/mol. The van der Waals surface area contributed by atoms with Crippen LogP contribution in [0.4, 0.5) is 4.39 Å². The van der Waals surface area contributed by atoms with E-state index in [9.17, 15) is 14.3 Å². The van der Waals surface area contributed by atoms with E-state index >= 15 is 0 Å². The lowest BCUT2D eigenvalue weighted by atomic mass is 10.0. The maximum Gasteiger partial charge on any atom is 0.281 e. The molecule has 1 amide bonds. The van der Waals surface area contributed by atoms with Crippen molar-refractivity contribution in [2.75, 3.05) is 26.2 Å². The molecule has 11 heteroatoms. The van der Waals surface area contributed by atoms with Gasteiger partial charge in [0.15, 0.2) is 0 Å². The molecule has 43 heavy (non-hydrogen) atoms. The van der Waals surface area contributed by atoms with Gasteiger partial charge in [0.2, 0.25) is 11.7 Å². The summed E-state index contributed by atoms with van der Waals surface area (Å²) >= 11 is 0. The molecule has 1 aliphatic rings. The number of carbonyl (C=O) groups is 1. The molecule has 3 aromatic carbocycles. The van der Waals surface area contributed by atoms with Crippen LogP contribution in [0.1, 0.15) is 22.6 Å². The fourth-order valence-corrected chi connectivity index (χ4v) is 4.89. The molecule has 1 aromatic heterocycles. The summed E-state index contributed by atoms with van der Waals surface area (Å²) in [6.07, 6.45) is 3.88. The highest BCUT2D eigenvalue weighted by Gasteiger charge is 2.25. The van der Waals surface area contributed by atoms with Crippen LogP contribution in [0.25, 0.3) is 17.5 Å². The minimum atomic E-state index is -0.439. The van der Waals surface area contributed by atoms with Crippen LogP contribution in [-0.2, 0) is 24.4 Å². The first-order chi connectivity index (χ1) is 20.9. The minimum absolute atomic E-state index is 0.110. The standard InChI is InChI=1S/C32H33FN6O4/c1-2-6-22-8-5-9-23(30(22)40)19-28(32(41)36-34)39-17-15-38(16-18-39)20-29-35-31(37-43-29)27-10-4-3-7-24(27)21-42-26-13-11-25(33)12-14-26/h2-5,7-14,19,40H,1,6,15-18,20-21,34H2,(H,36,41). The van der Waals surface area contributed by atoms with Gasteiger partial charge in [-0.2, -0.15) is 4.98 Å². The second kappa shape index (κ2) is 13.8. The SMILES string of the molecule is C=CCc1cccc(C=C(C(=O)NN)N2CCN(Cc3nc(-c4ccccc4COc4ccc(F)cc4)no3)CC2)c1O. The largest absolute Gasteiger partial charge is 0.507 e. The Labute approximate surface area is 248 Å². The number of rotatable bonds is 11. The quantitative estimate of drug-likeness (QED) is 0.0786. The van der Waals surface area contributed by atoms with Gasteiger partial charge in [-0.15, -0.1) is 6.58 Å². The van der Waals surface area contributed by atoms with Crippen molar-refractivity contribution in [1.29, 1.82) is 0 Å². The highest BCUT2D eigenvalue weighted by Crippen LogP contribution is 2.27. The number of nitrogens with zero attached hydrogens (tertiary/aromatic N) is 4. The number of hydrogen-bond donors (Lipinski definition) is 3. The molecule has 4 N–H and O–H groups in total. The predicted molar refractivity (Wildman–Crippen MR) is 160 cm³/mol. The number of phenolic OH excluding ortho intramolecular Hbond substituents is 1. The number of hydrogen-bond acceptors (Lipinski definition) is 9. The molecule has 0 atom stereocenters. The lowest BCUT2D eigenvalue weighted by Gasteiger charge is -2.36. The van der Waals surface area contributed by atoms with Crippen molar-refractivity contribution in [1.82, 2.24) is 25.4 Å². The van der Waals surface area contributed by atoms with Crippen molar-refractivity contribution in [2.24, 2.45) is 5.84 Å². The Morgan fingerprint density at radius 3 is 2.56 bits per heavy atom. The zero-order chi connectivity index (χ0) is 30.2. The maximum absolute atomic E-state index is 13.2. The number of amides is 1. The third-order valence-corrected chi connectivity index (χ3v) is 7.18. The number of allylic oxidation sites excluding steroid dienone is 1. The smallest absolute Gasteiger partial charge is 0.281 e. The van der Waals surface area contributed by atoms with Gasteiger partial charge in [-0.25, -0.2) is 10.2 Å². The molecule has 1 saturated heterocycles. The molecule has 1 aliphatic heterocycles. The number of hydrazine groups is 1. The van der Waals surface area contributed by atoms with Gasteiger partial charge in [-0.3, -0.25) is 15.1 Å². The molecule has 0 radical (unpaired) electrons. The Balaban J connectivity index is 1.23. The van der Waals surface area contributed by atoms with Gasteiger partial charge in [-0.05, 0) is 42.3 Å². The normalized spacial score (nSPS) is 14.0. The van der Waals surface area contributed by atoms with E-state index in [-0.39, 0.29) is 18.2 Å². The van der Waals surface area contributed by atoms with Crippen LogP contribution in [-0.4, -0.2) is 57.1 Å². The van der Waals surface area contributed by atoms with E-state index in [1.807, 2.05) is 41.3 Å². The number of halogens is 1. The first kappa shape index (κ1) is 29.5. The highest BCUT2D eigenvalue weighted by atomic mass is 19.1. The first-order valence-electron chi connectivity index (χ1n) is 13.9. The number of nitrogens with two attached hydrogens (primary N) is 1. The second-order valence-corrected chi connectivity index (χ2v) is 10.0. The molecule has 10 nitrogen and oxygen atoms in total. The van der Waals surface area contributed by atoms with Gasteiger partial charge in [0.25, 0.3) is 5.91 Å². The first-order valence-corrected chi connectivity index (χ1v) is 13.9. The second-order valence-electron chi connectivity index (χ2n) is 10.0. The lowest BCUT2D eigenvalue weighted by molar-refractivity contribution is -0.119. The molecule has 5 rings (SSSR count). The van der Waals surface area contributed by atoms with Gasteiger partial charge in [0.05, 0.1) is 6.54 Å². The van der Waals surface area contributed by atoms with Gasteiger partial charge in [0, 0.05) is 42.9 Å². The van der Waals surface area contributed by atoms with Crippen molar-refractivity contribution >= 4 is 12.0 Å². The number of nitrogens with one attached hydrogen (secondary N) is 1. The third-order valence-electron chi connectivity index (χ3n) is 7.18. The summed E-state index contributed by atoms with van der Waals surface area (Å²) in [6.45, 7) is 6.81. The molecule has 0 spiro atoms. The van der Waals surface area contributed by atoms with Gasteiger partial charge in [0.1, 0.15) is 29.6 Å². The molecular formula is C32H33FN6O4. The van der Waals surface area contributed by atoms with Gasteiger partial charge in [-0.1, -0.05) is 53.7 Å². The van der Waals surface area contributed by atoms with Gasteiger partial charge >= 0.3 is 0 Å². The molecule has 0 saturated carbocycles. The average molecular weight is 585 g/mol. The molecule has 0 aliphatic carbocycles. The summed E-state index contributed by atoms with van der Waals surface area (Å²) in [5, 5.41) is 14.9. The molecule has 0 unspecified atom stereocenters. The van der Waals surface area contributed by atoms with E-state index in [2.05, 4.69) is 27.0 Å². The Morgan fingerprint density at radius 1 is 1.07 bits per heavy atom. The monoisotopic (exact) mass is 584 g/mol. The topological polar surface area (TPSA) is 130 Å². The summed E-state index contributed by atoms with van der Waals surface area (Å²) < 4.78 is 24.6. The summed E-state index contributed by atoms with van der Waals surface area (Å²) in [7, 11) is 0. The summed E-state index contributed by atoms with van der Waals surface area (Å²) in [5.41, 5.74) is 5.49. The number of ether oxygens (including phenoxy) is 1. The van der Waals surface area contributed by atoms with Crippen molar-refractivity contribution in [3.05, 3.63) is 113 Å². The number of para-hydroxylation sites is 1. The van der Waals surface area contributed by atoms with Crippen LogP contribution < -0.4 is 16.0 Å². The van der Waals surface area contributed by atoms with E-state index in [4.69, 9.17) is 15.1 Å². The zero-order valence-corrected chi connectivity index (χ0v) is 23.6. The zero-order valence-electron chi connectivity index (χ0n) is 23.6. The third kappa shape index (κ3) is 7.26. The van der Waals surface area contributed by atoms with Crippen molar-refractivity contribution in [3.8, 4) is 22.9 Å². The number of benzene rings is 3. The van der Waals surface area contributed by atoms with Crippen LogP contribution in [0.3, 0.4) is 0 Å². The highest BCUT2D eigenvalue weighted by molar-refractivity contribution is 5.97. The predicted octanol–water partition coefficient (Wildman–Crippen LogP) is 4.04. The lowest BCUT2D eigenvalue weighted by Crippen LogP contribution is -2.48. The van der Waals surface area contributed by atoms with Crippen LogP contribution >= 0.6 is 0 Å². The van der Waals surface area contributed by atoms with E-state index in [0.29, 0.717) is 67.9 Å². The maximum atomic E-state index is 13.2. The van der Waals surface area contributed by atoms with E-state index < -0.39 is 5.91 Å². The van der Waals surface area contributed by atoms with Crippen LogP contribution in [0.2, 0.25) is 0 Å². The summed E-state index contributed by atoms with van der Waals surface area (Å²) in [6, 6.07) is 18.9. The van der Waals surface area contributed by atoms with Crippen molar-refractivity contribution in [2.45, 2.75) is 19.6 Å². The number of aromatic nitrogens is 2. The molecule has 222 valence electrons. The number of phenols is 1. The fourth-order valence-electron chi connectivity index (χ4n) is 4.89. The Morgan fingerprint density at radius 2 is 1.81 bits per heavy atom. The molecule has 2 heterocycles. The van der Waals surface area contributed by atoms with Crippen molar-refractivity contribution in [3.63, 3.8) is 0 Å². The Kier molecular flexibility index (Phi) is 9.45.